The number of carbonyl (C=O) groups is 1. The van der Waals surface area contributed by atoms with Gasteiger partial charge in [0.15, 0.2) is 0 Å². The number of carbonyl (C=O) groups excluding carboxylic acids is 1. The van der Waals surface area contributed by atoms with E-state index in [2.05, 4.69) is 21.4 Å². The number of hydroxylamine groups is 1. The topological polar surface area (TPSA) is 81.5 Å². The van der Waals surface area contributed by atoms with Gasteiger partial charge in [-0.15, -0.1) is 0 Å². The molecule has 0 aliphatic rings. The van der Waals surface area contributed by atoms with Crippen molar-refractivity contribution in [2.45, 2.75) is 6.92 Å². The molecule has 0 bridgehead atoms. The van der Waals surface area contributed by atoms with Crippen molar-refractivity contribution in [3.05, 3.63) is 38.3 Å². The molecule has 1 aromatic carbocycles. The van der Waals surface area contributed by atoms with Gasteiger partial charge in [0.05, 0.1) is 16.0 Å². The lowest BCUT2D eigenvalue weighted by molar-refractivity contribution is -0.385. The normalized spacial score (nSPS) is 9.88. The highest BCUT2D eigenvalue weighted by Crippen LogP contribution is 2.25. The van der Waals surface area contributed by atoms with Crippen LogP contribution in [-0.4, -0.2) is 17.4 Å². The molecule has 1 aromatic rings. The van der Waals surface area contributed by atoms with Crippen LogP contribution in [0.25, 0.3) is 0 Å². The molecule has 0 aromatic heterocycles. The summed E-state index contributed by atoms with van der Waals surface area (Å²) in [6, 6.07) is 4.09. The monoisotopic (exact) mass is 288 g/mol. The van der Waals surface area contributed by atoms with E-state index in [0.29, 0.717) is 11.1 Å². The van der Waals surface area contributed by atoms with Gasteiger partial charge in [0, 0.05) is 11.6 Å². The predicted octanol–water partition coefficient (Wildman–Crippen LogP) is 2.04. The fourth-order valence-corrected chi connectivity index (χ4v) is 1.38. The molecule has 0 aliphatic heterocycles. The average Bonchev–Trinajstić information content (AvgIpc) is 2.26. The van der Waals surface area contributed by atoms with Crippen LogP contribution in [0.1, 0.15) is 17.3 Å². The summed E-state index contributed by atoms with van der Waals surface area (Å²) in [5.74, 6) is -0.516. The van der Waals surface area contributed by atoms with Crippen molar-refractivity contribution in [3.63, 3.8) is 0 Å². The van der Waals surface area contributed by atoms with Crippen LogP contribution >= 0.6 is 15.9 Å². The van der Waals surface area contributed by atoms with Crippen LogP contribution in [0.3, 0.4) is 0 Å². The summed E-state index contributed by atoms with van der Waals surface area (Å²) in [6.45, 7) is 2.04. The SMILES string of the molecule is CCONC(=O)c1ccc(Br)c([N+](=O)[O-])c1. The number of amides is 1. The average molecular weight is 289 g/mol. The van der Waals surface area contributed by atoms with E-state index in [1.165, 1.54) is 18.2 Å². The Balaban J connectivity index is 2.94. The van der Waals surface area contributed by atoms with Crippen LogP contribution < -0.4 is 5.48 Å². The van der Waals surface area contributed by atoms with Crippen LogP contribution in [0, 0.1) is 10.1 Å². The van der Waals surface area contributed by atoms with Gasteiger partial charge in [0.25, 0.3) is 11.6 Å². The summed E-state index contributed by atoms with van der Waals surface area (Å²) in [4.78, 5) is 26.2. The summed E-state index contributed by atoms with van der Waals surface area (Å²) in [5.41, 5.74) is 2.16. The predicted molar refractivity (Wildman–Crippen MR) is 59.9 cm³/mol. The molecule has 16 heavy (non-hydrogen) atoms. The summed E-state index contributed by atoms with van der Waals surface area (Å²) >= 11 is 3.03. The molecule has 0 saturated heterocycles. The van der Waals surface area contributed by atoms with Gasteiger partial charge < -0.3 is 0 Å². The Hall–Kier alpha value is -1.47. The molecule has 0 heterocycles. The molecule has 0 atom stereocenters. The maximum atomic E-state index is 11.4. The number of nitrogens with zero attached hydrogens (tertiary/aromatic N) is 1. The Morgan fingerprint density at radius 3 is 2.88 bits per heavy atom. The van der Waals surface area contributed by atoms with Crippen LogP contribution in [0.15, 0.2) is 22.7 Å². The van der Waals surface area contributed by atoms with Gasteiger partial charge in [-0.05, 0) is 35.0 Å². The lowest BCUT2D eigenvalue weighted by Gasteiger charge is -2.03. The molecular formula is C9H9BrN2O4. The Labute approximate surface area is 99.8 Å². The second-order valence-corrected chi connectivity index (χ2v) is 3.64. The first kappa shape index (κ1) is 12.6. The van der Waals surface area contributed by atoms with E-state index in [1.807, 2.05) is 0 Å². The van der Waals surface area contributed by atoms with Crippen molar-refractivity contribution in [2.75, 3.05) is 6.61 Å². The lowest BCUT2D eigenvalue weighted by Crippen LogP contribution is -2.23. The Bertz CT molecular complexity index is 422. The second-order valence-electron chi connectivity index (χ2n) is 2.79. The first-order valence-corrected chi connectivity index (χ1v) is 5.21. The molecule has 1 rings (SSSR count). The number of nitro groups is 1. The van der Waals surface area contributed by atoms with Gasteiger partial charge >= 0.3 is 0 Å². The van der Waals surface area contributed by atoms with E-state index in [1.54, 1.807) is 6.92 Å². The zero-order chi connectivity index (χ0) is 12.1. The maximum absolute atomic E-state index is 11.4. The van der Waals surface area contributed by atoms with Crippen LogP contribution in [0.4, 0.5) is 5.69 Å². The molecular weight excluding hydrogens is 280 g/mol. The molecule has 1 amide bonds. The van der Waals surface area contributed by atoms with E-state index in [9.17, 15) is 14.9 Å². The Morgan fingerprint density at radius 1 is 1.62 bits per heavy atom. The number of nitro benzene ring substituents is 1. The van der Waals surface area contributed by atoms with E-state index in [0.717, 1.165) is 0 Å². The highest BCUT2D eigenvalue weighted by Gasteiger charge is 2.15. The van der Waals surface area contributed by atoms with Gasteiger partial charge in [-0.2, -0.15) is 0 Å². The zero-order valence-corrected chi connectivity index (χ0v) is 9.98. The largest absolute Gasteiger partial charge is 0.284 e. The van der Waals surface area contributed by atoms with E-state index in [4.69, 9.17) is 4.84 Å². The molecule has 0 fully saturated rings. The van der Waals surface area contributed by atoms with Gasteiger partial charge in [-0.1, -0.05) is 0 Å². The number of halogens is 1. The van der Waals surface area contributed by atoms with Crippen molar-refractivity contribution < 1.29 is 14.6 Å². The summed E-state index contributed by atoms with van der Waals surface area (Å²) in [6.07, 6.45) is 0. The van der Waals surface area contributed by atoms with Gasteiger partial charge in [-0.25, -0.2) is 5.48 Å². The minimum Gasteiger partial charge on any atom is -0.274 e. The number of hydrogen-bond donors (Lipinski definition) is 1. The highest BCUT2D eigenvalue weighted by atomic mass is 79.9. The fraction of sp³-hybridized carbons (Fsp3) is 0.222. The van der Waals surface area contributed by atoms with Crippen LogP contribution in [0.2, 0.25) is 0 Å². The third kappa shape index (κ3) is 3.01. The fourth-order valence-electron chi connectivity index (χ4n) is 0.990. The van der Waals surface area contributed by atoms with Crippen LogP contribution in [-0.2, 0) is 4.84 Å². The van der Waals surface area contributed by atoms with Crippen molar-refractivity contribution in [1.29, 1.82) is 0 Å². The maximum Gasteiger partial charge on any atom is 0.284 e. The molecule has 7 heteroatoms. The number of rotatable bonds is 4. The Kier molecular flexibility index (Phi) is 4.39. The molecule has 0 aliphatic carbocycles. The molecule has 6 nitrogen and oxygen atoms in total. The molecule has 86 valence electrons. The quantitative estimate of drug-likeness (QED) is 0.679. The molecule has 0 unspecified atom stereocenters. The summed E-state index contributed by atoms with van der Waals surface area (Å²) < 4.78 is 0.324. The highest BCUT2D eigenvalue weighted by molar-refractivity contribution is 9.10. The molecule has 0 spiro atoms. The first-order valence-electron chi connectivity index (χ1n) is 4.42. The van der Waals surface area contributed by atoms with Crippen molar-refractivity contribution in [2.24, 2.45) is 0 Å². The summed E-state index contributed by atoms with van der Waals surface area (Å²) in [5, 5.41) is 10.6. The van der Waals surface area contributed by atoms with E-state index in [-0.39, 0.29) is 11.3 Å². The zero-order valence-electron chi connectivity index (χ0n) is 8.40. The number of hydrogen-bond acceptors (Lipinski definition) is 4. The third-order valence-corrected chi connectivity index (χ3v) is 2.38. The smallest absolute Gasteiger partial charge is 0.274 e. The second kappa shape index (κ2) is 5.57. The molecule has 1 N–H and O–H groups in total. The number of nitrogens with one attached hydrogen (secondary N) is 1. The van der Waals surface area contributed by atoms with Crippen molar-refractivity contribution >= 4 is 27.5 Å². The van der Waals surface area contributed by atoms with Crippen LogP contribution in [0.5, 0.6) is 0 Å². The van der Waals surface area contributed by atoms with Crippen molar-refractivity contribution in [3.8, 4) is 0 Å². The minimum atomic E-state index is -0.568. The Morgan fingerprint density at radius 2 is 2.31 bits per heavy atom. The standard InChI is InChI=1S/C9H9BrN2O4/c1-2-16-11-9(13)6-3-4-7(10)8(5-6)12(14)15/h3-5H,2H2,1H3,(H,11,13). The minimum absolute atomic E-state index is 0.163. The summed E-state index contributed by atoms with van der Waals surface area (Å²) in [7, 11) is 0. The van der Waals surface area contributed by atoms with E-state index >= 15 is 0 Å². The molecule has 0 saturated carbocycles. The van der Waals surface area contributed by atoms with Crippen molar-refractivity contribution in [1.82, 2.24) is 5.48 Å². The molecule has 0 radical (unpaired) electrons. The van der Waals surface area contributed by atoms with Gasteiger partial charge in [0.1, 0.15) is 0 Å². The third-order valence-electron chi connectivity index (χ3n) is 1.71. The van der Waals surface area contributed by atoms with Gasteiger partial charge in [-0.3, -0.25) is 19.7 Å². The lowest BCUT2D eigenvalue weighted by atomic mass is 10.2. The van der Waals surface area contributed by atoms with Gasteiger partial charge in [0.2, 0.25) is 0 Å². The van der Waals surface area contributed by atoms with E-state index < -0.39 is 10.8 Å². The number of benzene rings is 1. The first-order chi connectivity index (χ1) is 7.56.